The van der Waals surface area contributed by atoms with Gasteiger partial charge in [-0.3, -0.25) is 15.5 Å². The minimum Gasteiger partial charge on any atom is -0.482 e. The van der Waals surface area contributed by atoms with Crippen LogP contribution in [0.5, 0.6) is 5.75 Å². The molecule has 2 aromatic rings. The van der Waals surface area contributed by atoms with Crippen LogP contribution in [0, 0.1) is 12.3 Å². The molecule has 0 aliphatic carbocycles. The third-order valence-electron chi connectivity index (χ3n) is 3.49. The van der Waals surface area contributed by atoms with Crippen LogP contribution in [-0.4, -0.2) is 35.5 Å². The van der Waals surface area contributed by atoms with Gasteiger partial charge in [0.15, 0.2) is 6.61 Å². The van der Waals surface area contributed by atoms with Gasteiger partial charge < -0.3 is 20.9 Å². The lowest BCUT2D eigenvalue weighted by molar-refractivity contribution is -0.139. The number of amidine groups is 1. The maximum Gasteiger partial charge on any atom is 0.341 e. The second kappa shape index (κ2) is 8.48. The monoisotopic (exact) mass is 370 g/mol. The number of carbonyl (C=O) groups excluding carboxylic acids is 2. The summed E-state index contributed by atoms with van der Waals surface area (Å²) < 4.78 is 5.05. The Morgan fingerprint density at radius 2 is 1.74 bits per heavy atom. The first-order valence-corrected chi connectivity index (χ1v) is 7.78. The Balaban J connectivity index is 1.97. The van der Waals surface area contributed by atoms with Crippen LogP contribution >= 0.6 is 0 Å². The molecule has 0 saturated heterocycles. The fourth-order valence-electron chi connectivity index (χ4n) is 2.14. The van der Waals surface area contributed by atoms with Gasteiger partial charge in [-0.2, -0.15) is 0 Å². The van der Waals surface area contributed by atoms with Crippen molar-refractivity contribution in [3.05, 3.63) is 59.2 Å². The van der Waals surface area contributed by atoms with E-state index in [1.807, 2.05) is 0 Å². The second-order valence-electron chi connectivity index (χ2n) is 5.56. The predicted molar refractivity (Wildman–Crippen MR) is 98.3 cm³/mol. The van der Waals surface area contributed by atoms with Gasteiger partial charge in [-0.1, -0.05) is 12.1 Å². The summed E-state index contributed by atoms with van der Waals surface area (Å²) in [6.07, 6.45) is 0. The SMILES string of the molecule is Cc1cc(OCC(=O)O)ccc1NC(=O)NC(=O)c1ccc(C(=N)N)cc1. The molecule has 27 heavy (non-hydrogen) atoms. The molecule has 6 N–H and O–H groups in total. The highest BCUT2D eigenvalue weighted by molar-refractivity contribution is 6.08. The van der Waals surface area contributed by atoms with Crippen molar-refractivity contribution in [2.24, 2.45) is 5.73 Å². The summed E-state index contributed by atoms with van der Waals surface area (Å²) in [4.78, 5) is 34.6. The normalized spacial score (nSPS) is 9.96. The molecule has 9 nitrogen and oxygen atoms in total. The lowest BCUT2D eigenvalue weighted by Crippen LogP contribution is -2.34. The van der Waals surface area contributed by atoms with Crippen LogP contribution in [0.2, 0.25) is 0 Å². The minimum absolute atomic E-state index is 0.119. The molecule has 0 aromatic heterocycles. The van der Waals surface area contributed by atoms with Crippen LogP contribution in [0.3, 0.4) is 0 Å². The van der Waals surface area contributed by atoms with Crippen molar-refractivity contribution >= 4 is 29.4 Å². The van der Waals surface area contributed by atoms with Crippen LogP contribution < -0.4 is 21.1 Å². The lowest BCUT2D eigenvalue weighted by atomic mass is 10.1. The van der Waals surface area contributed by atoms with Crippen LogP contribution in [0.1, 0.15) is 21.5 Å². The number of carboxylic acids is 1. The number of nitrogens with one attached hydrogen (secondary N) is 3. The maximum atomic E-state index is 12.1. The molecule has 0 radical (unpaired) electrons. The Labute approximate surface area is 154 Å². The Morgan fingerprint density at radius 3 is 2.30 bits per heavy atom. The zero-order valence-electron chi connectivity index (χ0n) is 14.4. The number of hydrogen-bond acceptors (Lipinski definition) is 5. The predicted octanol–water partition coefficient (Wildman–Crippen LogP) is 1.70. The number of nitrogen functional groups attached to an aromatic ring is 1. The van der Waals surface area contributed by atoms with Crippen LogP contribution in [0.4, 0.5) is 10.5 Å². The van der Waals surface area contributed by atoms with E-state index in [4.69, 9.17) is 21.0 Å². The van der Waals surface area contributed by atoms with Gasteiger partial charge in [0.1, 0.15) is 11.6 Å². The van der Waals surface area contributed by atoms with Crippen molar-refractivity contribution in [1.82, 2.24) is 5.32 Å². The smallest absolute Gasteiger partial charge is 0.341 e. The van der Waals surface area contributed by atoms with Gasteiger partial charge >= 0.3 is 12.0 Å². The largest absolute Gasteiger partial charge is 0.482 e. The second-order valence-corrected chi connectivity index (χ2v) is 5.56. The molecule has 140 valence electrons. The molecule has 0 saturated carbocycles. The molecule has 3 amide bonds. The molecular weight excluding hydrogens is 352 g/mol. The number of imide groups is 1. The molecule has 0 aliphatic rings. The summed E-state index contributed by atoms with van der Waals surface area (Å²) in [5.74, 6) is -1.47. The Hall–Kier alpha value is -3.88. The van der Waals surface area contributed by atoms with Crippen LogP contribution in [-0.2, 0) is 4.79 Å². The highest BCUT2D eigenvalue weighted by atomic mass is 16.5. The number of nitrogens with two attached hydrogens (primary N) is 1. The van der Waals surface area contributed by atoms with E-state index in [-0.39, 0.29) is 11.4 Å². The van der Waals surface area contributed by atoms with E-state index in [1.165, 1.54) is 36.4 Å². The number of aliphatic carboxylic acids is 1. The summed E-state index contributed by atoms with van der Waals surface area (Å²) in [7, 11) is 0. The average Bonchev–Trinajstić information content (AvgIpc) is 2.62. The topological polar surface area (TPSA) is 155 Å². The fourth-order valence-corrected chi connectivity index (χ4v) is 2.14. The van der Waals surface area contributed by atoms with E-state index in [0.29, 0.717) is 22.6 Å². The van der Waals surface area contributed by atoms with Crippen LogP contribution in [0.25, 0.3) is 0 Å². The van der Waals surface area contributed by atoms with E-state index in [0.717, 1.165) is 0 Å². The molecule has 0 bridgehead atoms. The Morgan fingerprint density at radius 1 is 1.11 bits per heavy atom. The molecule has 9 heteroatoms. The van der Waals surface area contributed by atoms with Gasteiger partial charge in [-0.05, 0) is 42.8 Å². The Kier molecular flexibility index (Phi) is 6.10. The van der Waals surface area contributed by atoms with Gasteiger partial charge in [0, 0.05) is 16.8 Å². The Bertz CT molecular complexity index is 893. The highest BCUT2D eigenvalue weighted by Gasteiger charge is 2.12. The minimum atomic E-state index is -1.09. The highest BCUT2D eigenvalue weighted by Crippen LogP contribution is 2.21. The van der Waals surface area contributed by atoms with Gasteiger partial charge in [0.2, 0.25) is 0 Å². The molecule has 0 heterocycles. The summed E-state index contributed by atoms with van der Waals surface area (Å²) in [6.45, 7) is 1.23. The number of ether oxygens (including phenoxy) is 1. The number of urea groups is 1. The van der Waals surface area contributed by atoms with E-state index in [2.05, 4.69) is 10.6 Å². The number of aryl methyl sites for hydroxylation is 1. The van der Waals surface area contributed by atoms with Crippen molar-refractivity contribution < 1.29 is 24.2 Å². The van der Waals surface area contributed by atoms with Crippen molar-refractivity contribution in [2.75, 3.05) is 11.9 Å². The van der Waals surface area contributed by atoms with Gasteiger partial charge in [0.25, 0.3) is 5.91 Å². The van der Waals surface area contributed by atoms with Crippen molar-refractivity contribution in [1.29, 1.82) is 5.41 Å². The van der Waals surface area contributed by atoms with Gasteiger partial charge in [0.05, 0.1) is 0 Å². The van der Waals surface area contributed by atoms with E-state index in [9.17, 15) is 14.4 Å². The van der Waals surface area contributed by atoms with Gasteiger partial charge in [-0.25, -0.2) is 9.59 Å². The maximum absolute atomic E-state index is 12.1. The fraction of sp³-hybridized carbons (Fsp3) is 0.111. The van der Waals surface area contributed by atoms with Crippen molar-refractivity contribution in [3.63, 3.8) is 0 Å². The third-order valence-corrected chi connectivity index (χ3v) is 3.49. The third kappa shape index (κ3) is 5.56. The summed E-state index contributed by atoms with van der Waals surface area (Å²) in [5.41, 5.74) is 7.13. The van der Waals surface area contributed by atoms with E-state index in [1.54, 1.807) is 13.0 Å². The number of hydrogen-bond donors (Lipinski definition) is 5. The zero-order valence-corrected chi connectivity index (χ0v) is 14.4. The van der Waals surface area contributed by atoms with Crippen molar-refractivity contribution in [3.8, 4) is 5.75 Å². The molecule has 2 aromatic carbocycles. The number of carboxylic acid groups (broad SMARTS) is 1. The zero-order chi connectivity index (χ0) is 20.0. The van der Waals surface area contributed by atoms with Crippen LogP contribution in [0.15, 0.2) is 42.5 Å². The first kappa shape index (κ1) is 19.4. The molecule has 0 spiro atoms. The summed E-state index contributed by atoms with van der Waals surface area (Å²) >= 11 is 0. The molecule has 2 rings (SSSR count). The lowest BCUT2D eigenvalue weighted by Gasteiger charge is -2.11. The number of anilines is 1. The van der Waals surface area contributed by atoms with E-state index < -0.39 is 24.5 Å². The first-order valence-electron chi connectivity index (χ1n) is 7.78. The number of carbonyl (C=O) groups is 3. The summed E-state index contributed by atoms with van der Waals surface area (Å²) in [5, 5.41) is 20.6. The molecule has 0 unspecified atom stereocenters. The summed E-state index contributed by atoms with van der Waals surface area (Å²) in [6, 6.07) is 9.83. The van der Waals surface area contributed by atoms with Crippen molar-refractivity contribution in [2.45, 2.75) is 6.92 Å². The number of rotatable bonds is 6. The first-order chi connectivity index (χ1) is 12.8. The molecular formula is C18H18N4O5. The molecule has 0 aliphatic heterocycles. The van der Waals surface area contributed by atoms with Gasteiger partial charge in [-0.15, -0.1) is 0 Å². The number of amides is 3. The van der Waals surface area contributed by atoms with E-state index >= 15 is 0 Å². The number of benzene rings is 2. The quantitative estimate of drug-likeness (QED) is 0.385. The molecule has 0 atom stereocenters. The average molecular weight is 370 g/mol. The standard InChI is InChI=1S/C18H18N4O5/c1-10-8-13(27-9-15(23)24)6-7-14(10)21-18(26)22-17(25)12-4-2-11(3-5-12)16(19)20/h2-8H,9H2,1H3,(H3,19,20)(H,23,24)(H2,21,22,25,26). The molecule has 0 fully saturated rings.